The summed E-state index contributed by atoms with van der Waals surface area (Å²) in [5, 5.41) is 6.97. The average molecular weight is 493 g/mol. The maximum absolute atomic E-state index is 13.3. The van der Waals surface area contributed by atoms with Gasteiger partial charge in [0.25, 0.3) is 0 Å². The number of ether oxygens (including phenoxy) is 2. The van der Waals surface area contributed by atoms with E-state index in [0.717, 1.165) is 40.7 Å². The summed E-state index contributed by atoms with van der Waals surface area (Å²) in [4.78, 5) is 26.8. The van der Waals surface area contributed by atoms with Gasteiger partial charge in [0.15, 0.2) is 0 Å². The quantitative estimate of drug-likeness (QED) is 0.233. The van der Waals surface area contributed by atoms with Gasteiger partial charge in [-0.25, -0.2) is 4.39 Å². The van der Waals surface area contributed by atoms with Crippen LogP contribution in [0.2, 0.25) is 0 Å². The molecule has 1 aliphatic carbocycles. The molecule has 7 heteroatoms. The fourth-order valence-corrected chi connectivity index (χ4v) is 4.00. The molecule has 0 heterocycles. The number of allylic oxidation sites excluding steroid dienone is 3. The van der Waals surface area contributed by atoms with Crippen LogP contribution in [0.5, 0.6) is 5.75 Å². The lowest BCUT2D eigenvalue weighted by Gasteiger charge is -2.23. The third-order valence-corrected chi connectivity index (χ3v) is 6.00. The van der Waals surface area contributed by atoms with Gasteiger partial charge in [-0.1, -0.05) is 30.4 Å². The third-order valence-electron chi connectivity index (χ3n) is 6.00. The van der Waals surface area contributed by atoms with Crippen molar-refractivity contribution in [3.8, 4) is 16.9 Å². The fourth-order valence-electron chi connectivity index (χ4n) is 4.00. The van der Waals surface area contributed by atoms with Crippen LogP contribution in [0.25, 0.3) is 17.2 Å². The fraction of sp³-hybridized carbons (Fsp3) is 0.345. The van der Waals surface area contributed by atoms with Crippen LogP contribution in [0.4, 0.5) is 4.39 Å². The molecular formula is C29H33FN2O4. The molecule has 0 unspecified atom stereocenters. The van der Waals surface area contributed by atoms with Gasteiger partial charge in [0.1, 0.15) is 11.6 Å². The summed E-state index contributed by atoms with van der Waals surface area (Å²) in [6, 6.07) is 11.4. The summed E-state index contributed by atoms with van der Waals surface area (Å²) in [5.41, 5.74) is 4.25. The van der Waals surface area contributed by atoms with Gasteiger partial charge in [0, 0.05) is 24.6 Å². The first-order chi connectivity index (χ1) is 17.4. The minimum atomic E-state index is -0.640. The Hall–Kier alpha value is -3.74. The predicted molar refractivity (Wildman–Crippen MR) is 140 cm³/mol. The maximum Gasteiger partial charge on any atom is 0.310 e. The van der Waals surface area contributed by atoms with E-state index in [0.29, 0.717) is 31.7 Å². The Morgan fingerprint density at radius 2 is 1.92 bits per heavy atom. The van der Waals surface area contributed by atoms with Crippen LogP contribution in [0, 0.1) is 11.3 Å². The number of halogens is 1. The second-order valence-corrected chi connectivity index (χ2v) is 8.61. The number of methoxy groups -OCH3 is 1. The van der Waals surface area contributed by atoms with Crippen molar-refractivity contribution in [3.05, 3.63) is 71.1 Å². The van der Waals surface area contributed by atoms with E-state index < -0.39 is 5.83 Å². The Bertz CT molecular complexity index is 1170. The summed E-state index contributed by atoms with van der Waals surface area (Å²) in [6.45, 7) is 5.06. The lowest BCUT2D eigenvalue weighted by Crippen LogP contribution is -2.31. The number of nitrogens with zero attached hydrogens (tertiary/aromatic N) is 1. The van der Waals surface area contributed by atoms with Crippen LogP contribution in [-0.2, 0) is 27.3 Å². The topological polar surface area (TPSA) is 79.7 Å². The van der Waals surface area contributed by atoms with Gasteiger partial charge >= 0.3 is 5.97 Å². The standard InChI is InChI=1S/C29H33FN2O4/c1-4-32(29(34)22-11-12-22)19-23-15-20(7-6-8-24(30)18-31)9-13-25(23)26-16-21(10-14-27(26)35-3)17-28(33)36-5-2/h6-10,13-16,18,22,31H,4-5,11-12,17,19H2,1-3H3/b7-6+,24-8+,31-18?. The lowest BCUT2D eigenvalue weighted by atomic mass is 9.94. The summed E-state index contributed by atoms with van der Waals surface area (Å²) < 4.78 is 24.1. The second kappa shape index (κ2) is 12.8. The van der Waals surface area contributed by atoms with Gasteiger partial charge in [-0.3, -0.25) is 9.59 Å². The minimum absolute atomic E-state index is 0.105. The van der Waals surface area contributed by atoms with E-state index in [1.165, 1.54) is 6.08 Å². The zero-order chi connectivity index (χ0) is 26.1. The molecule has 3 rings (SSSR count). The highest BCUT2D eigenvalue weighted by Crippen LogP contribution is 2.36. The molecular weight excluding hydrogens is 459 g/mol. The van der Waals surface area contributed by atoms with Crippen molar-refractivity contribution in [2.24, 2.45) is 5.92 Å². The molecule has 0 aromatic heterocycles. The first-order valence-corrected chi connectivity index (χ1v) is 12.2. The molecule has 0 radical (unpaired) electrons. The third kappa shape index (κ3) is 7.13. The summed E-state index contributed by atoms with van der Waals surface area (Å²) >= 11 is 0. The first-order valence-electron chi connectivity index (χ1n) is 12.2. The molecule has 1 saturated carbocycles. The minimum Gasteiger partial charge on any atom is -0.496 e. The maximum atomic E-state index is 13.3. The Kier molecular flexibility index (Phi) is 9.56. The highest BCUT2D eigenvalue weighted by molar-refractivity contribution is 5.82. The number of rotatable bonds is 12. The van der Waals surface area contributed by atoms with Crippen LogP contribution in [0.3, 0.4) is 0 Å². The molecule has 2 aromatic rings. The number of carbonyl (C=O) groups is 2. The van der Waals surface area contributed by atoms with Gasteiger partial charge in [-0.05, 0) is 73.2 Å². The van der Waals surface area contributed by atoms with Crippen LogP contribution < -0.4 is 4.74 Å². The SMILES string of the molecule is CCOC(=O)Cc1ccc(OC)c(-c2ccc(/C=C/C=C(/F)C=N)cc2CN(CC)C(=O)C2CC2)c1. The van der Waals surface area contributed by atoms with E-state index in [4.69, 9.17) is 14.9 Å². The monoisotopic (exact) mass is 492 g/mol. The zero-order valence-electron chi connectivity index (χ0n) is 21.1. The van der Waals surface area contributed by atoms with E-state index in [2.05, 4.69) is 0 Å². The Morgan fingerprint density at radius 3 is 2.56 bits per heavy atom. The summed E-state index contributed by atoms with van der Waals surface area (Å²) in [5.74, 6) is -0.0265. The Balaban J connectivity index is 2.05. The van der Waals surface area contributed by atoms with Crippen molar-refractivity contribution < 1.29 is 23.5 Å². The van der Waals surface area contributed by atoms with Crippen molar-refractivity contribution in [2.75, 3.05) is 20.3 Å². The van der Waals surface area contributed by atoms with E-state index in [-0.39, 0.29) is 24.2 Å². The van der Waals surface area contributed by atoms with Gasteiger partial charge in [0.2, 0.25) is 5.91 Å². The number of hydrogen-bond donors (Lipinski definition) is 1. The lowest BCUT2D eigenvalue weighted by molar-refractivity contribution is -0.142. The predicted octanol–water partition coefficient (Wildman–Crippen LogP) is 5.74. The van der Waals surface area contributed by atoms with Crippen LogP contribution in [-0.4, -0.2) is 43.3 Å². The largest absolute Gasteiger partial charge is 0.496 e. The normalized spacial score (nSPS) is 13.5. The number of nitrogens with one attached hydrogen (secondary N) is 1. The van der Waals surface area contributed by atoms with Crippen LogP contribution in [0.1, 0.15) is 43.4 Å². The number of benzene rings is 2. The van der Waals surface area contributed by atoms with Crippen molar-refractivity contribution in [3.63, 3.8) is 0 Å². The number of carbonyl (C=O) groups excluding carboxylic acids is 2. The molecule has 0 aliphatic heterocycles. The average Bonchev–Trinajstić information content (AvgIpc) is 3.72. The van der Waals surface area contributed by atoms with Gasteiger partial charge in [-0.2, -0.15) is 0 Å². The first kappa shape index (κ1) is 26.9. The van der Waals surface area contributed by atoms with Gasteiger partial charge < -0.3 is 19.8 Å². The van der Waals surface area contributed by atoms with Crippen molar-refractivity contribution in [1.29, 1.82) is 5.41 Å². The zero-order valence-corrected chi connectivity index (χ0v) is 21.1. The van der Waals surface area contributed by atoms with Crippen molar-refractivity contribution in [1.82, 2.24) is 4.90 Å². The van der Waals surface area contributed by atoms with Crippen LogP contribution in [0.15, 0.2) is 54.4 Å². The highest BCUT2D eigenvalue weighted by Gasteiger charge is 2.33. The molecule has 1 N–H and O–H groups in total. The molecule has 0 spiro atoms. The molecule has 36 heavy (non-hydrogen) atoms. The number of hydrogen-bond acceptors (Lipinski definition) is 5. The van der Waals surface area contributed by atoms with Crippen LogP contribution >= 0.6 is 0 Å². The van der Waals surface area contributed by atoms with E-state index in [1.807, 2.05) is 48.2 Å². The van der Waals surface area contributed by atoms with Crippen molar-refractivity contribution in [2.45, 2.75) is 39.7 Å². The Labute approximate surface area is 211 Å². The molecule has 1 amide bonds. The van der Waals surface area contributed by atoms with Gasteiger partial charge in [-0.15, -0.1) is 0 Å². The Morgan fingerprint density at radius 1 is 1.14 bits per heavy atom. The van der Waals surface area contributed by atoms with Crippen molar-refractivity contribution >= 4 is 24.2 Å². The number of esters is 1. The second-order valence-electron chi connectivity index (χ2n) is 8.61. The van der Waals surface area contributed by atoms with E-state index >= 15 is 0 Å². The summed E-state index contributed by atoms with van der Waals surface area (Å²) in [7, 11) is 1.60. The molecule has 1 aliphatic rings. The molecule has 0 bridgehead atoms. The highest BCUT2D eigenvalue weighted by atomic mass is 19.1. The summed E-state index contributed by atoms with van der Waals surface area (Å²) in [6.07, 6.45) is 7.18. The number of amides is 1. The molecule has 0 saturated heterocycles. The van der Waals surface area contributed by atoms with E-state index in [1.54, 1.807) is 26.2 Å². The van der Waals surface area contributed by atoms with Gasteiger partial charge in [0.05, 0.1) is 26.4 Å². The van der Waals surface area contributed by atoms with E-state index in [9.17, 15) is 14.0 Å². The molecule has 2 aromatic carbocycles. The molecule has 190 valence electrons. The smallest absolute Gasteiger partial charge is 0.310 e. The molecule has 1 fully saturated rings. The molecule has 0 atom stereocenters. The molecule has 6 nitrogen and oxygen atoms in total.